The summed E-state index contributed by atoms with van der Waals surface area (Å²) in [6.07, 6.45) is 6.00. The van der Waals surface area contributed by atoms with E-state index in [1.165, 1.54) is 0 Å². The van der Waals surface area contributed by atoms with Crippen LogP contribution in [0, 0.1) is 11.8 Å². The molecule has 3 rings (SSSR count). The van der Waals surface area contributed by atoms with Crippen LogP contribution in [0.15, 0.2) is 25.3 Å². The lowest BCUT2D eigenvalue weighted by atomic mass is 9.71. The average molecular weight is 572 g/mol. The molecule has 0 saturated carbocycles. The standard InChI is InChI=1S/C26H39BrN2O5S/c1-7-10-11-13-34-24(33)18-19-22(31)29(16(9-3)15-30)21(26(19)14-17(27)20(18)35-26)23(32)28(12-8-2)25(4,5)6/h7-8,16-21,30H,1-2,9-15H2,3-6H3/t16-,17?,18+,19-,20+,21?,26?/m0/s1. The molecule has 3 heterocycles. The van der Waals surface area contributed by atoms with Gasteiger partial charge in [0.1, 0.15) is 6.04 Å². The maximum absolute atomic E-state index is 14.3. The van der Waals surface area contributed by atoms with Gasteiger partial charge < -0.3 is 19.6 Å². The fourth-order valence-electron chi connectivity index (χ4n) is 5.89. The Morgan fingerprint density at radius 2 is 2.06 bits per heavy atom. The van der Waals surface area contributed by atoms with Gasteiger partial charge in [0.15, 0.2) is 0 Å². The minimum atomic E-state index is -0.773. The fraction of sp³-hybridized carbons (Fsp3) is 0.731. The van der Waals surface area contributed by atoms with E-state index in [1.807, 2.05) is 27.7 Å². The molecule has 0 aromatic carbocycles. The Bertz CT molecular complexity index is 857. The molecule has 3 aliphatic heterocycles. The summed E-state index contributed by atoms with van der Waals surface area (Å²) in [5.74, 6) is -2.04. The van der Waals surface area contributed by atoms with Crippen LogP contribution < -0.4 is 0 Å². The highest BCUT2D eigenvalue weighted by atomic mass is 79.9. The quantitative estimate of drug-likeness (QED) is 0.177. The maximum atomic E-state index is 14.3. The van der Waals surface area contributed by atoms with Crippen molar-refractivity contribution in [1.82, 2.24) is 9.80 Å². The van der Waals surface area contributed by atoms with Crippen molar-refractivity contribution in [3.8, 4) is 0 Å². The van der Waals surface area contributed by atoms with Gasteiger partial charge in [-0.05, 0) is 46.5 Å². The van der Waals surface area contributed by atoms with Crippen LogP contribution in [0.3, 0.4) is 0 Å². The van der Waals surface area contributed by atoms with Gasteiger partial charge in [0.25, 0.3) is 0 Å². The molecule has 2 bridgehead atoms. The van der Waals surface area contributed by atoms with Crippen LogP contribution in [0.2, 0.25) is 0 Å². The summed E-state index contributed by atoms with van der Waals surface area (Å²) in [6.45, 7) is 15.7. The highest BCUT2D eigenvalue weighted by Crippen LogP contribution is 2.68. The molecule has 3 aliphatic rings. The smallest absolute Gasteiger partial charge is 0.310 e. The number of aliphatic hydroxyl groups excluding tert-OH is 1. The van der Waals surface area contributed by atoms with Crippen LogP contribution in [0.5, 0.6) is 0 Å². The Balaban J connectivity index is 2.06. The summed E-state index contributed by atoms with van der Waals surface area (Å²) < 4.78 is 4.86. The molecular formula is C26H39BrN2O5S. The lowest BCUT2D eigenvalue weighted by Gasteiger charge is -2.43. The number of hydrogen-bond acceptors (Lipinski definition) is 6. The van der Waals surface area contributed by atoms with Gasteiger partial charge in [0.2, 0.25) is 11.8 Å². The summed E-state index contributed by atoms with van der Waals surface area (Å²) in [5, 5.41) is 10.0. The van der Waals surface area contributed by atoms with E-state index in [0.29, 0.717) is 25.8 Å². The van der Waals surface area contributed by atoms with Gasteiger partial charge >= 0.3 is 5.97 Å². The molecule has 0 aromatic rings. The number of esters is 1. The second kappa shape index (κ2) is 11.0. The maximum Gasteiger partial charge on any atom is 0.310 e. The first-order valence-electron chi connectivity index (χ1n) is 12.4. The number of halogens is 1. The minimum absolute atomic E-state index is 0.0192. The number of allylic oxidation sites excluding steroid dienone is 1. The van der Waals surface area contributed by atoms with Crippen molar-refractivity contribution in [2.45, 2.75) is 85.8 Å². The Morgan fingerprint density at radius 3 is 2.60 bits per heavy atom. The third-order valence-electron chi connectivity index (χ3n) is 7.49. The van der Waals surface area contributed by atoms with Crippen LogP contribution in [-0.2, 0) is 19.1 Å². The second-order valence-corrected chi connectivity index (χ2v) is 13.4. The highest BCUT2D eigenvalue weighted by Gasteiger charge is 2.76. The molecule has 3 fully saturated rings. The molecule has 0 aliphatic carbocycles. The van der Waals surface area contributed by atoms with Crippen LogP contribution in [0.1, 0.15) is 53.4 Å². The molecular weight excluding hydrogens is 532 g/mol. The van der Waals surface area contributed by atoms with E-state index in [4.69, 9.17) is 4.74 Å². The number of ether oxygens (including phenoxy) is 1. The molecule has 1 N–H and O–H groups in total. The van der Waals surface area contributed by atoms with Gasteiger partial charge in [-0.15, -0.1) is 24.9 Å². The Kier molecular flexibility index (Phi) is 8.86. The van der Waals surface area contributed by atoms with Crippen LogP contribution in [-0.4, -0.2) is 84.9 Å². The zero-order valence-electron chi connectivity index (χ0n) is 21.2. The number of carbonyl (C=O) groups is 3. The van der Waals surface area contributed by atoms with E-state index in [0.717, 1.165) is 6.42 Å². The number of carbonyl (C=O) groups excluding carboxylic acids is 3. The SMILES string of the molecule is C=CCCCOC(=O)[C@H]1[C@@H]2SC3(CC2Br)C(C(=O)N(CC=C)C(C)(C)C)N([C@@H](CC)CO)C(=O)[C@H]13. The first-order valence-corrected chi connectivity index (χ1v) is 14.2. The predicted octanol–water partition coefficient (Wildman–Crippen LogP) is 3.54. The number of rotatable bonds is 11. The zero-order valence-corrected chi connectivity index (χ0v) is 23.6. The molecule has 196 valence electrons. The van der Waals surface area contributed by atoms with E-state index in [9.17, 15) is 19.5 Å². The number of nitrogens with zero attached hydrogens (tertiary/aromatic N) is 2. The van der Waals surface area contributed by atoms with E-state index in [-0.39, 0.29) is 41.1 Å². The first-order chi connectivity index (χ1) is 16.5. The number of alkyl halides is 1. The van der Waals surface area contributed by atoms with Crippen LogP contribution >= 0.6 is 27.7 Å². The zero-order chi connectivity index (χ0) is 26.1. The summed E-state index contributed by atoms with van der Waals surface area (Å²) in [5.41, 5.74) is -0.492. The Morgan fingerprint density at radius 1 is 1.37 bits per heavy atom. The van der Waals surface area contributed by atoms with Gasteiger partial charge in [-0.25, -0.2) is 0 Å². The van der Waals surface area contributed by atoms with Gasteiger partial charge in [0, 0.05) is 22.2 Å². The lowest BCUT2D eigenvalue weighted by molar-refractivity contribution is -0.154. The molecule has 35 heavy (non-hydrogen) atoms. The van der Waals surface area contributed by atoms with Crippen molar-refractivity contribution in [1.29, 1.82) is 0 Å². The first kappa shape index (κ1) is 28.3. The number of likely N-dealkylation sites (tertiary alicyclic amines) is 1. The van der Waals surface area contributed by atoms with Crippen molar-refractivity contribution in [3.63, 3.8) is 0 Å². The summed E-state index contributed by atoms with van der Waals surface area (Å²) in [6, 6.07) is -1.27. The fourth-order valence-corrected chi connectivity index (χ4v) is 9.47. The number of amides is 2. The van der Waals surface area contributed by atoms with Gasteiger partial charge in [-0.3, -0.25) is 14.4 Å². The Hall–Kier alpha value is -1.32. The van der Waals surface area contributed by atoms with Crippen LogP contribution in [0.25, 0.3) is 0 Å². The van der Waals surface area contributed by atoms with Gasteiger partial charge in [0.05, 0.1) is 35.8 Å². The third kappa shape index (κ3) is 4.85. The largest absolute Gasteiger partial charge is 0.465 e. The third-order valence-corrected chi connectivity index (χ3v) is 10.7. The van der Waals surface area contributed by atoms with Crippen LogP contribution in [0.4, 0.5) is 0 Å². The van der Waals surface area contributed by atoms with E-state index in [2.05, 4.69) is 29.1 Å². The molecule has 0 aromatic heterocycles. The number of unbranched alkanes of at least 4 members (excludes halogenated alkanes) is 1. The number of aliphatic hydroxyl groups is 1. The molecule has 3 unspecified atom stereocenters. The monoisotopic (exact) mass is 570 g/mol. The molecule has 9 heteroatoms. The van der Waals surface area contributed by atoms with E-state index < -0.39 is 34.2 Å². The van der Waals surface area contributed by atoms with Gasteiger partial charge in [-0.2, -0.15) is 0 Å². The Labute approximate surface area is 221 Å². The number of fused-ring (bicyclic) bond motifs is 1. The number of hydrogen-bond donors (Lipinski definition) is 1. The average Bonchev–Trinajstić information content (AvgIpc) is 3.38. The summed E-state index contributed by atoms with van der Waals surface area (Å²) >= 11 is 5.35. The highest BCUT2D eigenvalue weighted by molar-refractivity contribution is 9.09. The van der Waals surface area contributed by atoms with E-state index in [1.54, 1.807) is 33.7 Å². The van der Waals surface area contributed by atoms with Crippen molar-refractivity contribution in [2.24, 2.45) is 11.8 Å². The minimum Gasteiger partial charge on any atom is -0.465 e. The number of thioether (sulfide) groups is 1. The summed E-state index contributed by atoms with van der Waals surface area (Å²) in [7, 11) is 0. The normalized spacial score (nSPS) is 32.3. The lowest BCUT2D eigenvalue weighted by Crippen LogP contribution is -2.60. The topological polar surface area (TPSA) is 87.2 Å². The van der Waals surface area contributed by atoms with Crippen molar-refractivity contribution < 1.29 is 24.2 Å². The van der Waals surface area contributed by atoms with Gasteiger partial charge in [-0.1, -0.05) is 35.0 Å². The molecule has 3 saturated heterocycles. The molecule has 2 amide bonds. The van der Waals surface area contributed by atoms with Crippen molar-refractivity contribution in [3.05, 3.63) is 25.3 Å². The molecule has 7 nitrogen and oxygen atoms in total. The second-order valence-electron chi connectivity index (χ2n) is 10.7. The predicted molar refractivity (Wildman–Crippen MR) is 142 cm³/mol. The molecule has 0 radical (unpaired) electrons. The van der Waals surface area contributed by atoms with E-state index >= 15 is 0 Å². The summed E-state index contributed by atoms with van der Waals surface area (Å²) in [4.78, 5) is 45.0. The molecule has 1 spiro atoms. The molecule has 7 atom stereocenters. The van der Waals surface area contributed by atoms with Crippen molar-refractivity contribution >= 4 is 45.5 Å². The van der Waals surface area contributed by atoms with Crippen molar-refractivity contribution in [2.75, 3.05) is 19.8 Å².